The van der Waals surface area contributed by atoms with Crippen LogP contribution in [0.2, 0.25) is 0 Å². The Morgan fingerprint density at radius 1 is 1.12 bits per heavy atom. The van der Waals surface area contributed by atoms with E-state index in [1.54, 1.807) is 0 Å². The van der Waals surface area contributed by atoms with Crippen molar-refractivity contribution in [2.24, 2.45) is 0 Å². The van der Waals surface area contributed by atoms with Gasteiger partial charge in [-0.2, -0.15) is 0 Å². The van der Waals surface area contributed by atoms with Crippen LogP contribution >= 0.6 is 0 Å². The van der Waals surface area contributed by atoms with Gasteiger partial charge in [0.05, 0.1) is 0 Å². The van der Waals surface area contributed by atoms with Crippen molar-refractivity contribution in [3.8, 4) is 0 Å². The average molecular weight is 223 g/mol. The molecule has 3 rings (SSSR count). The van der Waals surface area contributed by atoms with Gasteiger partial charge in [0.15, 0.2) is 0 Å². The van der Waals surface area contributed by atoms with E-state index in [4.69, 9.17) is 0 Å². The fourth-order valence-corrected chi connectivity index (χ4v) is 2.03. The van der Waals surface area contributed by atoms with E-state index in [1.807, 2.05) is 37.6 Å². The number of pyridine rings is 2. The number of hydrogen-bond donors (Lipinski definition) is 1. The zero-order valence-corrected chi connectivity index (χ0v) is 9.64. The maximum atomic E-state index is 4.43. The minimum atomic E-state index is 0.898. The molecule has 0 aliphatic carbocycles. The van der Waals surface area contributed by atoms with Crippen molar-refractivity contribution in [3.63, 3.8) is 0 Å². The van der Waals surface area contributed by atoms with E-state index < -0.39 is 0 Å². The van der Waals surface area contributed by atoms with Crippen molar-refractivity contribution in [1.29, 1.82) is 0 Å². The Morgan fingerprint density at radius 2 is 1.94 bits per heavy atom. The third-order valence-electron chi connectivity index (χ3n) is 2.82. The molecule has 0 aromatic carbocycles. The standard InChI is InChI=1S/C14H13N3/c1-10-6-13-8-12(9-16-14(13)17-10)7-11-2-4-15-5-3-11/h2-6,8-9H,7H2,1H3,(H,16,17). The zero-order chi connectivity index (χ0) is 11.7. The van der Waals surface area contributed by atoms with Crippen LogP contribution in [0, 0.1) is 6.92 Å². The highest BCUT2D eigenvalue weighted by Crippen LogP contribution is 2.16. The molecular weight excluding hydrogens is 210 g/mol. The van der Waals surface area contributed by atoms with Gasteiger partial charge in [-0.25, -0.2) is 4.98 Å². The number of aromatic amines is 1. The van der Waals surface area contributed by atoms with Gasteiger partial charge >= 0.3 is 0 Å². The molecule has 3 heterocycles. The van der Waals surface area contributed by atoms with Crippen LogP contribution in [0.4, 0.5) is 0 Å². The van der Waals surface area contributed by atoms with E-state index in [2.05, 4.69) is 27.1 Å². The van der Waals surface area contributed by atoms with Gasteiger partial charge in [-0.15, -0.1) is 0 Å². The average Bonchev–Trinajstić information content (AvgIpc) is 2.70. The monoisotopic (exact) mass is 223 g/mol. The van der Waals surface area contributed by atoms with Crippen LogP contribution < -0.4 is 0 Å². The lowest BCUT2D eigenvalue weighted by atomic mass is 10.1. The van der Waals surface area contributed by atoms with Crippen LogP contribution in [0.3, 0.4) is 0 Å². The Morgan fingerprint density at radius 3 is 2.76 bits per heavy atom. The van der Waals surface area contributed by atoms with Crippen LogP contribution in [0.15, 0.2) is 42.9 Å². The Kier molecular flexibility index (Phi) is 2.37. The van der Waals surface area contributed by atoms with Crippen molar-refractivity contribution in [1.82, 2.24) is 15.0 Å². The fourth-order valence-electron chi connectivity index (χ4n) is 2.03. The Hall–Kier alpha value is -2.16. The molecule has 0 atom stereocenters. The maximum Gasteiger partial charge on any atom is 0.137 e. The van der Waals surface area contributed by atoms with Gasteiger partial charge in [-0.3, -0.25) is 4.98 Å². The Balaban J connectivity index is 1.95. The van der Waals surface area contributed by atoms with Gasteiger partial charge < -0.3 is 4.98 Å². The number of aryl methyl sites for hydroxylation is 1. The van der Waals surface area contributed by atoms with E-state index in [-0.39, 0.29) is 0 Å². The largest absolute Gasteiger partial charge is 0.344 e. The molecule has 3 heteroatoms. The molecule has 0 saturated heterocycles. The molecular formula is C14H13N3. The van der Waals surface area contributed by atoms with Crippen LogP contribution in [-0.2, 0) is 6.42 Å². The first-order valence-corrected chi connectivity index (χ1v) is 5.64. The van der Waals surface area contributed by atoms with E-state index >= 15 is 0 Å². The molecule has 3 aromatic heterocycles. The third-order valence-corrected chi connectivity index (χ3v) is 2.82. The summed E-state index contributed by atoms with van der Waals surface area (Å²) in [6, 6.07) is 8.38. The molecule has 0 unspecified atom stereocenters. The number of rotatable bonds is 2. The summed E-state index contributed by atoms with van der Waals surface area (Å²) in [5.74, 6) is 0. The molecule has 0 aliphatic rings. The first kappa shape index (κ1) is 10.0. The lowest BCUT2D eigenvalue weighted by Gasteiger charge is -2.00. The normalized spacial score (nSPS) is 10.9. The summed E-state index contributed by atoms with van der Waals surface area (Å²) in [5, 5.41) is 1.18. The number of nitrogens with zero attached hydrogens (tertiary/aromatic N) is 2. The van der Waals surface area contributed by atoms with Crippen molar-refractivity contribution >= 4 is 11.0 Å². The van der Waals surface area contributed by atoms with Crippen molar-refractivity contribution in [2.75, 3.05) is 0 Å². The van der Waals surface area contributed by atoms with Crippen LogP contribution in [0.1, 0.15) is 16.8 Å². The van der Waals surface area contributed by atoms with E-state index in [1.165, 1.54) is 16.5 Å². The second-order valence-electron chi connectivity index (χ2n) is 4.27. The Bertz CT molecular complexity index is 641. The first-order valence-electron chi connectivity index (χ1n) is 5.64. The molecule has 0 saturated carbocycles. The highest BCUT2D eigenvalue weighted by molar-refractivity contribution is 5.77. The first-order chi connectivity index (χ1) is 8.31. The lowest BCUT2D eigenvalue weighted by molar-refractivity contribution is 1.14. The molecule has 84 valence electrons. The van der Waals surface area contributed by atoms with Crippen LogP contribution in [0.25, 0.3) is 11.0 Å². The Labute approximate surface area is 99.5 Å². The topological polar surface area (TPSA) is 41.6 Å². The molecule has 0 fully saturated rings. The number of H-pyrrole nitrogens is 1. The van der Waals surface area contributed by atoms with Crippen molar-refractivity contribution in [2.45, 2.75) is 13.3 Å². The second-order valence-corrected chi connectivity index (χ2v) is 4.27. The van der Waals surface area contributed by atoms with Crippen LogP contribution in [0.5, 0.6) is 0 Å². The molecule has 0 spiro atoms. The molecule has 3 aromatic rings. The van der Waals surface area contributed by atoms with Crippen molar-refractivity contribution in [3.05, 3.63) is 59.7 Å². The number of nitrogens with one attached hydrogen (secondary N) is 1. The summed E-state index contributed by atoms with van der Waals surface area (Å²) < 4.78 is 0. The molecule has 3 nitrogen and oxygen atoms in total. The molecule has 0 aliphatic heterocycles. The van der Waals surface area contributed by atoms with E-state index in [0.29, 0.717) is 0 Å². The SMILES string of the molecule is Cc1cc2cc(Cc3ccncc3)cnc2[nH]1. The lowest BCUT2D eigenvalue weighted by Crippen LogP contribution is -1.89. The predicted molar refractivity (Wildman–Crippen MR) is 67.9 cm³/mol. The molecule has 1 N–H and O–H groups in total. The smallest absolute Gasteiger partial charge is 0.137 e. The molecule has 0 radical (unpaired) electrons. The fraction of sp³-hybridized carbons (Fsp3) is 0.143. The minimum Gasteiger partial charge on any atom is -0.344 e. The maximum absolute atomic E-state index is 4.43. The highest BCUT2D eigenvalue weighted by atomic mass is 14.8. The predicted octanol–water partition coefficient (Wildman–Crippen LogP) is 2.86. The third kappa shape index (κ3) is 2.04. The summed E-state index contributed by atoms with van der Waals surface area (Å²) in [6.45, 7) is 2.05. The van der Waals surface area contributed by atoms with Gasteiger partial charge in [-0.1, -0.05) is 0 Å². The summed E-state index contributed by atoms with van der Waals surface area (Å²) >= 11 is 0. The van der Waals surface area contributed by atoms with Gasteiger partial charge in [-0.05, 0) is 48.7 Å². The molecule has 0 bridgehead atoms. The van der Waals surface area contributed by atoms with Gasteiger partial charge in [0, 0.05) is 29.7 Å². The van der Waals surface area contributed by atoms with E-state index in [0.717, 1.165) is 17.8 Å². The summed E-state index contributed by atoms with van der Waals surface area (Å²) in [7, 11) is 0. The second kappa shape index (κ2) is 4.01. The van der Waals surface area contributed by atoms with Crippen molar-refractivity contribution < 1.29 is 0 Å². The zero-order valence-electron chi connectivity index (χ0n) is 9.64. The molecule has 0 amide bonds. The minimum absolute atomic E-state index is 0.898. The van der Waals surface area contributed by atoms with Gasteiger partial charge in [0.25, 0.3) is 0 Å². The number of aromatic nitrogens is 3. The van der Waals surface area contributed by atoms with E-state index in [9.17, 15) is 0 Å². The van der Waals surface area contributed by atoms with Crippen LogP contribution in [-0.4, -0.2) is 15.0 Å². The van der Waals surface area contributed by atoms with Gasteiger partial charge in [0.2, 0.25) is 0 Å². The highest BCUT2D eigenvalue weighted by Gasteiger charge is 2.01. The summed E-state index contributed by atoms with van der Waals surface area (Å²) in [5.41, 5.74) is 4.59. The quantitative estimate of drug-likeness (QED) is 0.725. The molecule has 17 heavy (non-hydrogen) atoms. The summed E-state index contributed by atoms with van der Waals surface area (Å²) in [6.07, 6.45) is 6.47. The van der Waals surface area contributed by atoms with Gasteiger partial charge in [0.1, 0.15) is 5.65 Å². The number of hydrogen-bond acceptors (Lipinski definition) is 2. The number of fused-ring (bicyclic) bond motifs is 1. The summed E-state index contributed by atoms with van der Waals surface area (Å²) in [4.78, 5) is 11.7.